The summed E-state index contributed by atoms with van der Waals surface area (Å²) in [4.78, 5) is 20.8. The molecule has 0 saturated heterocycles. The maximum Gasteiger partial charge on any atom is 0.305 e. The third kappa shape index (κ3) is 27.1. The molecule has 0 spiro atoms. The summed E-state index contributed by atoms with van der Waals surface area (Å²) in [6, 6.07) is 0. The molecule has 0 rings (SSSR count). The zero-order valence-electron chi connectivity index (χ0n) is 14.3. The standard InChI is InChI=1S/C9H17BrO2.C8H15BrO2/c1-12-9(11)7-5-3-2-4-6-8-10;9-7-5-3-1-2-4-6-8(10)11/h2-8H2,1H3;1-7H2,(H,10,11). The molecule has 0 saturated carbocycles. The summed E-state index contributed by atoms with van der Waals surface area (Å²) in [6.45, 7) is 0. The third-order valence-electron chi connectivity index (χ3n) is 3.27. The molecule has 0 atom stereocenters. The van der Waals surface area contributed by atoms with Crippen LogP contribution in [-0.4, -0.2) is 34.8 Å². The van der Waals surface area contributed by atoms with Gasteiger partial charge in [0.2, 0.25) is 0 Å². The van der Waals surface area contributed by atoms with Crippen molar-refractivity contribution in [2.75, 3.05) is 17.8 Å². The zero-order valence-corrected chi connectivity index (χ0v) is 17.5. The molecule has 0 bridgehead atoms. The minimum absolute atomic E-state index is 0.0875. The van der Waals surface area contributed by atoms with E-state index in [1.54, 1.807) is 0 Å². The Hall–Kier alpha value is -0.100. The van der Waals surface area contributed by atoms with E-state index < -0.39 is 5.97 Å². The van der Waals surface area contributed by atoms with Crippen LogP contribution in [0.3, 0.4) is 0 Å². The van der Waals surface area contributed by atoms with Crippen LogP contribution in [0.1, 0.15) is 77.0 Å². The van der Waals surface area contributed by atoms with Gasteiger partial charge in [0.15, 0.2) is 0 Å². The fraction of sp³-hybridized carbons (Fsp3) is 0.882. The van der Waals surface area contributed by atoms with Crippen LogP contribution in [0.25, 0.3) is 0 Å². The maximum absolute atomic E-state index is 10.7. The number of methoxy groups -OCH3 is 1. The van der Waals surface area contributed by atoms with Crippen LogP contribution in [-0.2, 0) is 14.3 Å². The van der Waals surface area contributed by atoms with E-state index in [2.05, 4.69) is 36.6 Å². The van der Waals surface area contributed by atoms with Crippen LogP contribution in [0.4, 0.5) is 0 Å². The minimum Gasteiger partial charge on any atom is -0.481 e. The average molecular weight is 460 g/mol. The van der Waals surface area contributed by atoms with Crippen LogP contribution >= 0.6 is 31.9 Å². The quantitative estimate of drug-likeness (QED) is 0.205. The molecule has 0 unspecified atom stereocenters. The maximum atomic E-state index is 10.7. The fourth-order valence-electron chi connectivity index (χ4n) is 1.90. The predicted octanol–water partition coefficient (Wildman–Crippen LogP) is 5.70. The number of rotatable bonds is 14. The second-order valence-corrected chi connectivity index (χ2v) is 6.97. The lowest BCUT2D eigenvalue weighted by atomic mass is 10.1. The first-order valence-electron chi connectivity index (χ1n) is 8.49. The van der Waals surface area contributed by atoms with Crippen LogP contribution in [0.5, 0.6) is 0 Å². The minimum atomic E-state index is -0.675. The Morgan fingerprint density at radius 3 is 1.52 bits per heavy atom. The molecule has 0 aromatic heterocycles. The number of hydrogen-bond donors (Lipinski definition) is 1. The molecule has 4 nitrogen and oxygen atoms in total. The Morgan fingerprint density at radius 2 is 1.13 bits per heavy atom. The molecule has 138 valence electrons. The van der Waals surface area contributed by atoms with Crippen molar-refractivity contribution in [2.45, 2.75) is 77.0 Å². The van der Waals surface area contributed by atoms with Gasteiger partial charge in [-0.2, -0.15) is 0 Å². The molecule has 0 aromatic rings. The van der Waals surface area contributed by atoms with Crippen molar-refractivity contribution >= 4 is 43.8 Å². The van der Waals surface area contributed by atoms with Crippen LogP contribution < -0.4 is 0 Å². The summed E-state index contributed by atoms with van der Waals surface area (Å²) in [5.74, 6) is -0.763. The molecule has 0 radical (unpaired) electrons. The smallest absolute Gasteiger partial charge is 0.305 e. The summed E-state index contributed by atoms with van der Waals surface area (Å²) >= 11 is 6.73. The van der Waals surface area contributed by atoms with Gasteiger partial charge in [0, 0.05) is 23.5 Å². The first-order chi connectivity index (χ1) is 11.1. The average Bonchev–Trinajstić information content (AvgIpc) is 2.54. The zero-order chi connectivity index (χ0) is 17.8. The van der Waals surface area contributed by atoms with E-state index in [9.17, 15) is 9.59 Å². The van der Waals surface area contributed by atoms with E-state index in [1.807, 2.05) is 0 Å². The largest absolute Gasteiger partial charge is 0.481 e. The first-order valence-corrected chi connectivity index (χ1v) is 10.7. The highest BCUT2D eigenvalue weighted by Gasteiger charge is 1.98. The molecule has 0 heterocycles. The number of alkyl halides is 2. The van der Waals surface area contributed by atoms with E-state index in [0.29, 0.717) is 12.8 Å². The summed E-state index contributed by atoms with van der Waals surface area (Å²) in [7, 11) is 1.44. The van der Waals surface area contributed by atoms with Crippen molar-refractivity contribution < 1.29 is 19.4 Å². The van der Waals surface area contributed by atoms with E-state index in [1.165, 1.54) is 45.6 Å². The van der Waals surface area contributed by atoms with Crippen molar-refractivity contribution in [3.05, 3.63) is 0 Å². The first kappa shape index (κ1) is 25.1. The molecule has 0 aliphatic heterocycles. The van der Waals surface area contributed by atoms with Gasteiger partial charge < -0.3 is 9.84 Å². The Balaban J connectivity index is 0. The van der Waals surface area contributed by atoms with E-state index in [0.717, 1.165) is 36.3 Å². The van der Waals surface area contributed by atoms with Gasteiger partial charge in [0.05, 0.1) is 7.11 Å². The molecule has 6 heteroatoms. The number of esters is 1. The topological polar surface area (TPSA) is 63.6 Å². The van der Waals surface area contributed by atoms with E-state index in [4.69, 9.17) is 5.11 Å². The van der Waals surface area contributed by atoms with Gasteiger partial charge in [-0.15, -0.1) is 0 Å². The molecule has 0 aromatic carbocycles. The molecular weight excluding hydrogens is 428 g/mol. The third-order valence-corrected chi connectivity index (χ3v) is 4.39. The number of aliphatic carboxylic acids is 1. The Bertz CT molecular complexity index is 273. The van der Waals surface area contributed by atoms with E-state index in [-0.39, 0.29) is 5.97 Å². The van der Waals surface area contributed by atoms with Crippen LogP contribution in [0, 0.1) is 0 Å². The van der Waals surface area contributed by atoms with E-state index >= 15 is 0 Å². The van der Waals surface area contributed by atoms with Crippen molar-refractivity contribution in [3.63, 3.8) is 0 Å². The molecule has 23 heavy (non-hydrogen) atoms. The lowest BCUT2D eigenvalue weighted by Crippen LogP contribution is -1.99. The number of ether oxygens (including phenoxy) is 1. The van der Waals surface area contributed by atoms with Gasteiger partial charge in [0.25, 0.3) is 0 Å². The normalized spacial score (nSPS) is 9.87. The molecule has 0 amide bonds. The molecular formula is C17H32Br2O4. The second kappa shape index (κ2) is 21.9. The van der Waals surface area contributed by atoms with Crippen molar-refractivity contribution in [1.29, 1.82) is 0 Å². The number of unbranched alkanes of at least 4 members (excludes halogenated alkanes) is 8. The number of hydrogen-bond acceptors (Lipinski definition) is 3. The molecule has 0 aliphatic rings. The molecule has 0 aliphatic carbocycles. The highest BCUT2D eigenvalue weighted by Crippen LogP contribution is 2.07. The van der Waals surface area contributed by atoms with Gasteiger partial charge in [-0.25, -0.2) is 0 Å². The van der Waals surface area contributed by atoms with Gasteiger partial charge in [-0.3, -0.25) is 9.59 Å². The fourth-order valence-corrected chi connectivity index (χ4v) is 2.69. The van der Waals surface area contributed by atoms with Crippen LogP contribution in [0.15, 0.2) is 0 Å². The number of carbonyl (C=O) groups is 2. The van der Waals surface area contributed by atoms with Crippen LogP contribution in [0.2, 0.25) is 0 Å². The lowest BCUT2D eigenvalue weighted by molar-refractivity contribution is -0.141. The number of carboxylic acids is 1. The lowest BCUT2D eigenvalue weighted by Gasteiger charge is -1.99. The number of carbonyl (C=O) groups excluding carboxylic acids is 1. The summed E-state index contributed by atoms with van der Waals surface area (Å²) < 4.78 is 4.53. The summed E-state index contributed by atoms with van der Waals surface area (Å²) in [6.07, 6.45) is 12.2. The highest BCUT2D eigenvalue weighted by molar-refractivity contribution is 9.09. The number of carboxylic acid groups (broad SMARTS) is 1. The highest BCUT2D eigenvalue weighted by atomic mass is 79.9. The monoisotopic (exact) mass is 458 g/mol. The Morgan fingerprint density at radius 1 is 0.739 bits per heavy atom. The van der Waals surface area contributed by atoms with Gasteiger partial charge in [-0.1, -0.05) is 70.4 Å². The van der Waals surface area contributed by atoms with Gasteiger partial charge >= 0.3 is 11.9 Å². The summed E-state index contributed by atoms with van der Waals surface area (Å²) in [5.41, 5.74) is 0. The van der Waals surface area contributed by atoms with Crippen molar-refractivity contribution in [2.24, 2.45) is 0 Å². The molecule has 0 fully saturated rings. The Labute approximate surface area is 158 Å². The van der Waals surface area contributed by atoms with Gasteiger partial charge in [0.1, 0.15) is 0 Å². The Kier molecular flexibility index (Phi) is 23.9. The van der Waals surface area contributed by atoms with Gasteiger partial charge in [-0.05, 0) is 25.7 Å². The SMILES string of the molecule is COC(=O)CCCCCCCBr.O=C(O)CCCCCCCBr. The molecule has 1 N–H and O–H groups in total. The summed E-state index contributed by atoms with van der Waals surface area (Å²) in [5, 5.41) is 10.5. The number of halogens is 2. The predicted molar refractivity (Wildman–Crippen MR) is 103 cm³/mol. The van der Waals surface area contributed by atoms with Crippen molar-refractivity contribution in [3.8, 4) is 0 Å². The van der Waals surface area contributed by atoms with Crippen molar-refractivity contribution in [1.82, 2.24) is 0 Å². The second-order valence-electron chi connectivity index (χ2n) is 5.38.